The van der Waals surface area contributed by atoms with Crippen LogP contribution in [0.4, 0.5) is 0 Å². The summed E-state index contributed by atoms with van der Waals surface area (Å²) in [6.45, 7) is 9.49. The number of fused-ring (bicyclic) bond motifs is 1. The van der Waals surface area contributed by atoms with E-state index in [2.05, 4.69) is 11.5 Å². The highest BCUT2D eigenvalue weighted by Crippen LogP contribution is 2.42. The molecule has 14 heteroatoms. The smallest absolute Gasteiger partial charge is 0.417 e. The quantitative estimate of drug-likeness (QED) is 0.148. The van der Waals surface area contributed by atoms with Gasteiger partial charge in [0.15, 0.2) is 0 Å². The lowest BCUT2D eigenvalue weighted by Crippen LogP contribution is -2.53. The minimum Gasteiger partial charge on any atom is -0.417 e. The zero-order valence-corrected chi connectivity index (χ0v) is 29.8. The van der Waals surface area contributed by atoms with Crippen molar-refractivity contribution in [2.75, 3.05) is 33.2 Å². The first-order valence-electron chi connectivity index (χ1n) is 17.0. The van der Waals surface area contributed by atoms with E-state index in [4.69, 9.17) is 16.3 Å². The van der Waals surface area contributed by atoms with Crippen LogP contribution in [0.5, 0.6) is 5.75 Å². The van der Waals surface area contributed by atoms with Crippen LogP contribution in [0.25, 0.3) is 0 Å². The van der Waals surface area contributed by atoms with Crippen LogP contribution in [0.2, 0.25) is 5.02 Å². The van der Waals surface area contributed by atoms with Gasteiger partial charge in [0.05, 0.1) is 19.0 Å². The van der Waals surface area contributed by atoms with E-state index in [9.17, 15) is 40.2 Å². The predicted octanol–water partition coefficient (Wildman–Crippen LogP) is 2.29. The van der Waals surface area contributed by atoms with Crippen molar-refractivity contribution in [1.82, 2.24) is 19.6 Å². The summed E-state index contributed by atoms with van der Waals surface area (Å²) in [4.78, 5) is 32.8. The molecule has 2 amide bonds. The molecule has 2 aliphatic heterocycles. The summed E-state index contributed by atoms with van der Waals surface area (Å²) in [5.41, 5.74) is 3.06. The summed E-state index contributed by atoms with van der Waals surface area (Å²) >= 11 is 6.20. The molecule has 13 nitrogen and oxygen atoms in total. The third-order valence-electron chi connectivity index (χ3n) is 10.0. The molecular weight excluding hydrogens is 680 g/mol. The predicted molar refractivity (Wildman–Crippen MR) is 188 cm³/mol. The van der Waals surface area contributed by atoms with Gasteiger partial charge in [0.1, 0.15) is 5.75 Å². The molecule has 276 valence electrons. The number of hydrogen-bond donors (Lipinski definition) is 6. The second-order valence-corrected chi connectivity index (χ2v) is 14.0. The lowest BCUT2D eigenvalue weighted by molar-refractivity contribution is -0.419. The van der Waals surface area contributed by atoms with Crippen LogP contribution in [0.1, 0.15) is 60.9 Å². The number of nitrogens with zero attached hydrogens (tertiary/aromatic N) is 4. The molecule has 1 atom stereocenters. The number of ether oxygens (including phenoxy) is 1. The Labute approximate surface area is 302 Å². The van der Waals surface area contributed by atoms with E-state index in [0.29, 0.717) is 34.9 Å². The van der Waals surface area contributed by atoms with E-state index in [1.807, 2.05) is 7.05 Å². The molecule has 2 aromatic rings. The van der Waals surface area contributed by atoms with Crippen molar-refractivity contribution in [3.63, 3.8) is 0 Å². The van der Waals surface area contributed by atoms with Crippen LogP contribution >= 0.6 is 11.6 Å². The average molecular weight is 727 g/mol. The molecule has 6 N–H and O–H groups in total. The Morgan fingerprint density at radius 1 is 1.00 bits per heavy atom. The van der Waals surface area contributed by atoms with Crippen molar-refractivity contribution in [3.8, 4) is 5.75 Å². The van der Waals surface area contributed by atoms with Crippen molar-refractivity contribution in [2.45, 2.75) is 70.3 Å². The van der Waals surface area contributed by atoms with Gasteiger partial charge in [-0.05, 0) is 104 Å². The summed E-state index contributed by atoms with van der Waals surface area (Å²) in [7, 11) is 1.81. The second kappa shape index (κ2) is 15.4. The molecule has 1 saturated carbocycles. The number of likely N-dealkylation sites (N-methyl/N-ethyl adjacent to an activating group) is 1. The molecule has 51 heavy (non-hydrogen) atoms. The monoisotopic (exact) mass is 726 g/mol. The minimum absolute atomic E-state index is 0.0108. The van der Waals surface area contributed by atoms with E-state index in [1.165, 1.54) is 12.1 Å². The summed E-state index contributed by atoms with van der Waals surface area (Å²) in [5.74, 6) is -0.179. The highest BCUT2D eigenvalue weighted by molar-refractivity contribution is 6.30. The normalized spacial score (nSPS) is 22.4. The molecule has 1 aliphatic carbocycles. The van der Waals surface area contributed by atoms with Gasteiger partial charge in [-0.15, -0.1) is 0 Å². The number of aliphatic hydroxyl groups is 6. The van der Waals surface area contributed by atoms with Gasteiger partial charge in [-0.1, -0.05) is 36.4 Å². The van der Waals surface area contributed by atoms with Gasteiger partial charge >= 0.3 is 12.3 Å². The van der Waals surface area contributed by atoms with E-state index < -0.39 is 18.3 Å². The van der Waals surface area contributed by atoms with Crippen molar-refractivity contribution in [3.05, 3.63) is 99.9 Å². The molecule has 0 aromatic heterocycles. The van der Waals surface area contributed by atoms with Gasteiger partial charge in [0, 0.05) is 49.1 Å². The molecule has 3 aliphatic rings. The average Bonchev–Trinajstić information content (AvgIpc) is 3.05. The van der Waals surface area contributed by atoms with Crippen LogP contribution in [0, 0.1) is 12.8 Å². The molecule has 0 spiro atoms. The van der Waals surface area contributed by atoms with Gasteiger partial charge in [-0.25, -0.2) is 0 Å². The molecule has 2 heterocycles. The maximum atomic E-state index is 13.9. The van der Waals surface area contributed by atoms with Crippen LogP contribution in [0.3, 0.4) is 0 Å². The third kappa shape index (κ3) is 9.18. The highest BCUT2D eigenvalue weighted by Gasteiger charge is 2.38. The van der Waals surface area contributed by atoms with E-state index in [0.717, 1.165) is 48.3 Å². The molecule has 2 aromatic carbocycles. The van der Waals surface area contributed by atoms with Crippen LogP contribution in [-0.2, 0) is 16.0 Å². The summed E-state index contributed by atoms with van der Waals surface area (Å²) in [5, 5.41) is 60.0. The van der Waals surface area contributed by atoms with Crippen molar-refractivity contribution in [2.24, 2.45) is 5.92 Å². The number of benzene rings is 2. The maximum Gasteiger partial charge on any atom is 0.453 e. The number of rotatable bonds is 11. The van der Waals surface area contributed by atoms with Crippen molar-refractivity contribution in [1.29, 1.82) is 0 Å². The number of hydrogen-bond acceptors (Lipinski definition) is 11. The number of amides is 2. The topological polar surface area (TPSA) is 178 Å². The Hall–Kier alpha value is -3.79. The number of aryl methyl sites for hydroxylation is 1. The highest BCUT2D eigenvalue weighted by atomic mass is 35.5. The Morgan fingerprint density at radius 2 is 1.67 bits per heavy atom. The zero-order valence-electron chi connectivity index (χ0n) is 29.1. The number of carbonyl (C=O) groups excluding carboxylic acids is 2. The zero-order chi connectivity index (χ0) is 37.2. The first-order valence-corrected chi connectivity index (χ1v) is 17.4. The Morgan fingerprint density at radius 3 is 2.25 bits per heavy atom. The Kier molecular flexibility index (Phi) is 11.6. The second-order valence-electron chi connectivity index (χ2n) is 13.6. The summed E-state index contributed by atoms with van der Waals surface area (Å²) in [6, 6.07) is 9.87. The van der Waals surface area contributed by atoms with Gasteiger partial charge < -0.3 is 45.2 Å². The largest absolute Gasteiger partial charge is 0.453 e. The summed E-state index contributed by atoms with van der Waals surface area (Å²) in [6.07, 6.45) is 1.41. The van der Waals surface area contributed by atoms with E-state index in [-0.39, 0.29) is 48.2 Å². The SMILES string of the molecule is C=C(/C=C\C(=C/C)N1C(=O)Cc2cc(OC(O)(O)O)c(C)cc2C1c1ccc(Cl)cc1)N(CC1CCC(N2CCN(C)C(=O)C2)CC1)C(O)(O)O. The lowest BCUT2D eigenvalue weighted by Gasteiger charge is -2.42. The van der Waals surface area contributed by atoms with Crippen molar-refractivity contribution < 1.29 is 45.0 Å². The molecule has 0 radical (unpaired) electrons. The fraction of sp³-hybridized carbons (Fsp3) is 0.459. The molecule has 2 fully saturated rings. The van der Waals surface area contributed by atoms with Crippen LogP contribution in [0.15, 0.2) is 72.6 Å². The first-order chi connectivity index (χ1) is 23.9. The van der Waals surface area contributed by atoms with Gasteiger partial charge in [-0.3, -0.25) is 19.4 Å². The minimum atomic E-state index is -3.40. The van der Waals surface area contributed by atoms with E-state index in [1.54, 1.807) is 66.1 Å². The van der Waals surface area contributed by atoms with Gasteiger partial charge in [0.2, 0.25) is 11.8 Å². The Bertz CT molecular complexity index is 1670. The standard InChI is InChI=1S/C37H47ClN4O9/c1-5-29(13-6-24(3)41(36(45,46)47)21-25-7-14-30(15-8-25)40-17-16-39(4)34(44)22-40)42-33(43)20-27-19-32(51-37(48,49)50)23(2)18-31(27)35(42)26-9-11-28(38)12-10-26/h5-6,9-13,18-19,25,30,35,45-50H,3,7-8,14-17,20-22H2,1-2,4H3/b13-6-,29-5+. The maximum absolute atomic E-state index is 13.9. The molecule has 0 bridgehead atoms. The molecular formula is C37H47ClN4O9. The number of halogens is 1. The molecule has 1 saturated heterocycles. The van der Waals surface area contributed by atoms with Crippen molar-refractivity contribution >= 4 is 23.4 Å². The number of allylic oxidation sites excluding steroid dienone is 3. The van der Waals surface area contributed by atoms with Crippen LogP contribution < -0.4 is 4.74 Å². The third-order valence-corrected chi connectivity index (χ3v) is 10.3. The number of carbonyl (C=O) groups is 2. The first kappa shape index (κ1) is 38.4. The fourth-order valence-corrected chi connectivity index (χ4v) is 7.40. The fourth-order valence-electron chi connectivity index (χ4n) is 7.27. The van der Waals surface area contributed by atoms with E-state index >= 15 is 0 Å². The lowest BCUT2D eigenvalue weighted by atomic mass is 9.84. The molecule has 5 rings (SSSR count). The Balaban J connectivity index is 1.36. The van der Waals surface area contributed by atoms with Gasteiger partial charge in [0.25, 0.3) is 0 Å². The summed E-state index contributed by atoms with van der Waals surface area (Å²) < 4.78 is 4.91. The number of piperazine rings is 1. The van der Waals surface area contributed by atoms with Gasteiger partial charge in [-0.2, -0.15) is 0 Å². The molecule has 1 unspecified atom stereocenters. The van der Waals surface area contributed by atoms with Crippen LogP contribution in [-0.4, -0.2) is 114 Å².